The molecular weight excluding hydrogens is 312 g/mol. The Morgan fingerprint density at radius 3 is 1.14 bits per heavy atom. The van der Waals surface area contributed by atoms with Gasteiger partial charge in [-0.15, -0.1) is 0 Å². The van der Waals surface area contributed by atoms with Crippen molar-refractivity contribution < 1.29 is 19.7 Å². The Kier molecular flexibility index (Phi) is 3.18. The maximum absolute atomic E-state index is 10.6. The zero-order valence-corrected chi connectivity index (χ0v) is 9.95. The van der Waals surface area contributed by atoms with Crippen LogP contribution >= 0.6 is 0 Å². The van der Waals surface area contributed by atoms with Gasteiger partial charge in [-0.25, -0.2) is 0 Å². The molecule has 0 saturated heterocycles. The van der Waals surface area contributed by atoms with Crippen molar-refractivity contribution in [2.75, 3.05) is 0 Å². The molecule has 16 heteroatoms. The molecule has 0 aliphatic carbocycles. The zero-order valence-electron chi connectivity index (χ0n) is 9.95. The second kappa shape index (κ2) is 4.85. The van der Waals surface area contributed by atoms with Gasteiger partial charge in [0.05, 0.1) is 0 Å². The van der Waals surface area contributed by atoms with Gasteiger partial charge < -0.3 is 40.5 Å². The highest BCUT2D eigenvalue weighted by atomic mass is 16.6. The molecule has 16 nitrogen and oxygen atoms in total. The summed E-state index contributed by atoms with van der Waals surface area (Å²) in [6, 6.07) is 0. The minimum Gasteiger partial charge on any atom is -0.358 e. The first kappa shape index (κ1) is 14.4. The Morgan fingerprint density at radius 2 is 0.955 bits per heavy atom. The van der Waals surface area contributed by atoms with E-state index in [2.05, 4.69) is 9.97 Å². The van der Waals surface area contributed by atoms with Gasteiger partial charge in [-0.05, 0) is 19.7 Å². The fourth-order valence-corrected chi connectivity index (χ4v) is 1.44. The minimum atomic E-state index is -1.17. The summed E-state index contributed by atoms with van der Waals surface area (Å²) in [4.78, 5) is 48.2. The second-order valence-corrected chi connectivity index (χ2v) is 3.54. The van der Waals surface area contributed by atoms with Crippen molar-refractivity contribution in [3.63, 3.8) is 0 Å². The SMILES string of the molecule is O=[N+]([O-])c1nc(-c2nc([N+](=O)[O-])c([N+](=O)[O-])[nH]2)[nH]c1[N+](=O)[O-]. The highest BCUT2D eigenvalue weighted by Crippen LogP contribution is 2.31. The van der Waals surface area contributed by atoms with Crippen LogP contribution in [-0.4, -0.2) is 39.6 Å². The van der Waals surface area contributed by atoms with E-state index in [9.17, 15) is 40.5 Å². The molecule has 0 bridgehead atoms. The molecule has 2 N–H and O–H groups in total. The monoisotopic (exact) mass is 314 g/mol. The number of H-pyrrole nitrogens is 2. The third-order valence-electron chi connectivity index (χ3n) is 2.27. The summed E-state index contributed by atoms with van der Waals surface area (Å²) in [6.45, 7) is 0. The standard InChI is InChI=1S/C6H2N8O8/c15-11(16)3-4(12(17)18)8-1(7-3)2-9-5(13(19)20)6(10-2)14(21)22/h(H,7,8)(H,9,10). The molecule has 0 amide bonds. The first-order valence-electron chi connectivity index (χ1n) is 5.00. The summed E-state index contributed by atoms with van der Waals surface area (Å²) in [7, 11) is 0. The predicted octanol–water partition coefficient (Wildman–Crippen LogP) is 0.433. The Hall–Kier alpha value is -3.98. The normalized spacial score (nSPS) is 10.4. The summed E-state index contributed by atoms with van der Waals surface area (Å²) in [5.41, 5.74) is 0. The van der Waals surface area contributed by atoms with Crippen LogP contribution in [0.2, 0.25) is 0 Å². The Labute approximate surface area is 116 Å². The van der Waals surface area contributed by atoms with Gasteiger partial charge >= 0.3 is 34.9 Å². The Bertz CT molecular complexity index is 687. The Balaban J connectivity index is 2.62. The van der Waals surface area contributed by atoms with E-state index >= 15 is 0 Å². The fraction of sp³-hybridized carbons (Fsp3) is 0. The fourth-order valence-electron chi connectivity index (χ4n) is 1.44. The van der Waals surface area contributed by atoms with Crippen LogP contribution in [-0.2, 0) is 0 Å². The van der Waals surface area contributed by atoms with Crippen LogP contribution in [0.15, 0.2) is 0 Å². The summed E-state index contributed by atoms with van der Waals surface area (Å²) < 4.78 is 0. The van der Waals surface area contributed by atoms with E-state index in [0.717, 1.165) is 0 Å². The van der Waals surface area contributed by atoms with Crippen LogP contribution in [0.25, 0.3) is 11.6 Å². The van der Waals surface area contributed by atoms with E-state index in [4.69, 9.17) is 0 Å². The molecule has 0 atom stereocenters. The van der Waals surface area contributed by atoms with Crippen LogP contribution in [0, 0.1) is 40.5 Å². The van der Waals surface area contributed by atoms with E-state index in [1.54, 1.807) is 0 Å². The lowest BCUT2D eigenvalue weighted by atomic mass is 10.6. The Morgan fingerprint density at radius 1 is 0.636 bits per heavy atom. The van der Waals surface area contributed by atoms with Crippen molar-refractivity contribution in [2.24, 2.45) is 0 Å². The van der Waals surface area contributed by atoms with Gasteiger partial charge in [0.25, 0.3) is 0 Å². The number of aromatic amines is 2. The number of nitrogens with one attached hydrogen (secondary N) is 2. The summed E-state index contributed by atoms with van der Waals surface area (Å²) >= 11 is 0. The van der Waals surface area contributed by atoms with Crippen molar-refractivity contribution in [1.29, 1.82) is 0 Å². The van der Waals surface area contributed by atoms with Crippen LogP contribution in [0.4, 0.5) is 23.3 Å². The van der Waals surface area contributed by atoms with E-state index in [0.29, 0.717) is 0 Å². The number of aromatic nitrogens is 4. The van der Waals surface area contributed by atoms with Crippen LogP contribution in [0.3, 0.4) is 0 Å². The maximum atomic E-state index is 10.6. The van der Waals surface area contributed by atoms with E-state index in [1.165, 1.54) is 0 Å². The molecule has 0 aliphatic heterocycles. The lowest BCUT2D eigenvalue weighted by Crippen LogP contribution is -1.94. The van der Waals surface area contributed by atoms with Crippen molar-refractivity contribution in [2.45, 2.75) is 0 Å². The molecule has 2 aromatic heterocycles. The van der Waals surface area contributed by atoms with Gasteiger partial charge in [0.1, 0.15) is 0 Å². The number of nitro groups is 4. The van der Waals surface area contributed by atoms with Crippen molar-refractivity contribution in [1.82, 2.24) is 19.9 Å². The molecule has 2 heterocycles. The number of hydrogen-bond donors (Lipinski definition) is 2. The van der Waals surface area contributed by atoms with Crippen LogP contribution in [0.1, 0.15) is 0 Å². The average Bonchev–Trinajstić information content (AvgIpc) is 3.02. The van der Waals surface area contributed by atoms with Gasteiger partial charge in [0.2, 0.25) is 0 Å². The molecule has 0 spiro atoms. The van der Waals surface area contributed by atoms with E-state index < -0.39 is 54.6 Å². The van der Waals surface area contributed by atoms with E-state index in [-0.39, 0.29) is 0 Å². The van der Waals surface area contributed by atoms with Gasteiger partial charge in [0, 0.05) is 9.97 Å². The number of imidazole rings is 2. The molecule has 0 unspecified atom stereocenters. The first-order chi connectivity index (χ1) is 10.2. The van der Waals surface area contributed by atoms with Gasteiger partial charge in [-0.2, -0.15) is 9.97 Å². The maximum Gasteiger partial charge on any atom is 0.463 e. The molecule has 114 valence electrons. The van der Waals surface area contributed by atoms with Gasteiger partial charge in [-0.3, -0.25) is 0 Å². The zero-order chi connectivity index (χ0) is 16.6. The molecule has 0 radical (unpaired) electrons. The lowest BCUT2D eigenvalue weighted by Gasteiger charge is -1.88. The second-order valence-electron chi connectivity index (χ2n) is 3.54. The third kappa shape index (κ3) is 2.26. The molecular formula is C6H2N8O8. The molecule has 0 aliphatic rings. The molecule has 0 aromatic carbocycles. The van der Waals surface area contributed by atoms with Crippen LogP contribution < -0.4 is 0 Å². The molecule has 22 heavy (non-hydrogen) atoms. The molecule has 2 rings (SSSR count). The number of hydrogen-bond acceptors (Lipinski definition) is 10. The minimum absolute atomic E-state index is 0.630. The third-order valence-corrected chi connectivity index (χ3v) is 2.27. The highest BCUT2D eigenvalue weighted by molar-refractivity contribution is 5.59. The summed E-state index contributed by atoms with van der Waals surface area (Å²) in [5.74, 6) is -5.78. The smallest absolute Gasteiger partial charge is 0.358 e. The number of nitrogens with zero attached hydrogens (tertiary/aromatic N) is 6. The number of rotatable bonds is 5. The quantitative estimate of drug-likeness (QED) is 0.570. The van der Waals surface area contributed by atoms with Gasteiger partial charge in [0.15, 0.2) is 0 Å². The summed E-state index contributed by atoms with van der Waals surface area (Å²) in [6.07, 6.45) is 0. The molecule has 0 saturated carbocycles. The predicted molar refractivity (Wildman–Crippen MR) is 62.8 cm³/mol. The lowest BCUT2D eigenvalue weighted by molar-refractivity contribution is -0.427. The molecule has 2 aromatic rings. The van der Waals surface area contributed by atoms with Crippen molar-refractivity contribution in [3.05, 3.63) is 40.5 Å². The highest BCUT2D eigenvalue weighted by Gasteiger charge is 2.41. The average molecular weight is 314 g/mol. The van der Waals surface area contributed by atoms with Crippen molar-refractivity contribution in [3.8, 4) is 11.6 Å². The topological polar surface area (TPSA) is 230 Å². The summed E-state index contributed by atoms with van der Waals surface area (Å²) in [5, 5.41) is 42.5. The van der Waals surface area contributed by atoms with Crippen molar-refractivity contribution >= 4 is 23.3 Å². The van der Waals surface area contributed by atoms with E-state index in [1.807, 2.05) is 9.97 Å². The van der Waals surface area contributed by atoms with Gasteiger partial charge in [-0.1, -0.05) is 0 Å². The largest absolute Gasteiger partial charge is 0.463 e. The first-order valence-corrected chi connectivity index (χ1v) is 5.00. The molecule has 0 fully saturated rings. The van der Waals surface area contributed by atoms with Crippen LogP contribution in [0.5, 0.6) is 0 Å².